The lowest BCUT2D eigenvalue weighted by molar-refractivity contribution is 0.0627. The smallest absolute Gasteiger partial charge is 0.274 e. The summed E-state index contributed by atoms with van der Waals surface area (Å²) < 4.78 is 19.9. The quantitative estimate of drug-likeness (QED) is 0.870. The monoisotopic (exact) mass is 317 g/mol. The van der Waals surface area contributed by atoms with E-state index in [2.05, 4.69) is 12.0 Å². The van der Waals surface area contributed by atoms with Crippen molar-refractivity contribution in [3.05, 3.63) is 48.0 Å². The Morgan fingerprint density at radius 3 is 2.83 bits per heavy atom. The lowest BCUT2D eigenvalue weighted by Crippen LogP contribution is -2.42. The van der Waals surface area contributed by atoms with E-state index in [1.54, 1.807) is 29.1 Å². The van der Waals surface area contributed by atoms with Gasteiger partial charge < -0.3 is 9.64 Å². The third-order valence-corrected chi connectivity index (χ3v) is 4.10. The second-order valence-corrected chi connectivity index (χ2v) is 5.81. The number of amides is 1. The Balaban J connectivity index is 1.61. The number of rotatable bonds is 4. The molecular formula is C17H20FN3O2. The average Bonchev–Trinajstić information content (AvgIpc) is 3.03. The van der Waals surface area contributed by atoms with Gasteiger partial charge in [0, 0.05) is 18.8 Å². The molecule has 0 radical (unpaired) electrons. The van der Waals surface area contributed by atoms with Gasteiger partial charge in [0.25, 0.3) is 5.91 Å². The van der Waals surface area contributed by atoms with Crippen molar-refractivity contribution < 1.29 is 13.9 Å². The fourth-order valence-electron chi connectivity index (χ4n) is 2.77. The number of piperidine rings is 1. The van der Waals surface area contributed by atoms with Gasteiger partial charge in [-0.15, -0.1) is 0 Å². The summed E-state index contributed by atoms with van der Waals surface area (Å²) in [6.07, 6.45) is 4.97. The highest BCUT2D eigenvalue weighted by molar-refractivity contribution is 5.92. The first kappa shape index (κ1) is 15.5. The van der Waals surface area contributed by atoms with Crippen molar-refractivity contribution in [2.75, 3.05) is 6.54 Å². The van der Waals surface area contributed by atoms with Crippen LogP contribution in [0.1, 0.15) is 36.7 Å². The van der Waals surface area contributed by atoms with Gasteiger partial charge in [-0.2, -0.15) is 5.10 Å². The first-order chi connectivity index (χ1) is 11.1. The number of carbonyl (C=O) groups excluding carboxylic acids is 1. The summed E-state index contributed by atoms with van der Waals surface area (Å²) in [7, 11) is 0. The molecule has 6 heteroatoms. The lowest BCUT2D eigenvalue weighted by Gasteiger charge is -2.32. The van der Waals surface area contributed by atoms with Gasteiger partial charge in [-0.05, 0) is 56.5 Å². The van der Waals surface area contributed by atoms with Crippen LogP contribution in [0.4, 0.5) is 4.39 Å². The molecule has 1 amide bonds. The van der Waals surface area contributed by atoms with E-state index in [4.69, 9.17) is 4.74 Å². The minimum atomic E-state index is -0.306. The second-order valence-electron chi connectivity index (χ2n) is 5.81. The maximum absolute atomic E-state index is 12.8. The molecule has 3 rings (SSSR count). The van der Waals surface area contributed by atoms with Crippen LogP contribution in [0.15, 0.2) is 36.5 Å². The normalized spacial score (nSPS) is 18.0. The van der Waals surface area contributed by atoms with Gasteiger partial charge in [0.15, 0.2) is 12.4 Å². The molecule has 23 heavy (non-hydrogen) atoms. The summed E-state index contributed by atoms with van der Waals surface area (Å²) in [4.78, 5) is 14.4. The zero-order chi connectivity index (χ0) is 16.2. The number of likely N-dealkylation sites (tertiary alicyclic amines) is 1. The molecule has 0 spiro atoms. The highest BCUT2D eigenvalue weighted by Gasteiger charge is 2.25. The van der Waals surface area contributed by atoms with Crippen LogP contribution in [-0.2, 0) is 6.73 Å². The first-order valence-electron chi connectivity index (χ1n) is 7.86. The molecular weight excluding hydrogens is 297 g/mol. The summed E-state index contributed by atoms with van der Waals surface area (Å²) in [5, 5.41) is 4.28. The molecule has 1 aliphatic heterocycles. The number of benzene rings is 1. The lowest BCUT2D eigenvalue weighted by atomic mass is 10.0. The van der Waals surface area contributed by atoms with E-state index in [-0.39, 0.29) is 24.5 Å². The van der Waals surface area contributed by atoms with Gasteiger partial charge >= 0.3 is 0 Å². The Morgan fingerprint density at radius 1 is 1.30 bits per heavy atom. The molecule has 2 aromatic rings. The molecule has 0 aliphatic carbocycles. The Morgan fingerprint density at radius 2 is 2.09 bits per heavy atom. The third kappa shape index (κ3) is 3.70. The summed E-state index contributed by atoms with van der Waals surface area (Å²) in [6.45, 7) is 3.04. The number of nitrogens with zero attached hydrogens (tertiary/aromatic N) is 3. The Hall–Kier alpha value is -2.37. The van der Waals surface area contributed by atoms with Crippen molar-refractivity contribution in [1.82, 2.24) is 14.7 Å². The minimum absolute atomic E-state index is 0.0299. The fourth-order valence-corrected chi connectivity index (χ4v) is 2.77. The summed E-state index contributed by atoms with van der Waals surface area (Å²) in [5.74, 6) is 0.220. The van der Waals surface area contributed by atoms with E-state index in [1.807, 2.05) is 4.90 Å². The number of aromatic nitrogens is 2. The third-order valence-electron chi connectivity index (χ3n) is 4.10. The van der Waals surface area contributed by atoms with Gasteiger partial charge in [0.1, 0.15) is 11.6 Å². The van der Waals surface area contributed by atoms with E-state index in [0.717, 1.165) is 19.4 Å². The van der Waals surface area contributed by atoms with Crippen LogP contribution in [0.3, 0.4) is 0 Å². The Kier molecular flexibility index (Phi) is 4.60. The molecule has 122 valence electrons. The minimum Gasteiger partial charge on any atom is -0.471 e. The highest BCUT2D eigenvalue weighted by Crippen LogP contribution is 2.18. The van der Waals surface area contributed by atoms with E-state index in [1.165, 1.54) is 18.6 Å². The molecule has 5 nitrogen and oxygen atoms in total. The largest absolute Gasteiger partial charge is 0.471 e. The standard InChI is InChI=1S/C17H20FN3O2/c1-13-4-2-3-10-21(13)17(22)16-9-11-20(19-16)12-23-15-7-5-14(18)6-8-15/h5-9,11,13H,2-4,10,12H2,1H3. The van der Waals surface area contributed by atoms with Gasteiger partial charge in [-0.1, -0.05) is 0 Å². The van der Waals surface area contributed by atoms with E-state index >= 15 is 0 Å². The molecule has 2 heterocycles. The number of halogens is 1. The average molecular weight is 317 g/mol. The van der Waals surface area contributed by atoms with Crippen molar-refractivity contribution in [2.45, 2.75) is 39.0 Å². The molecule has 1 unspecified atom stereocenters. The Labute approximate surface area is 134 Å². The van der Waals surface area contributed by atoms with Gasteiger partial charge in [-0.3, -0.25) is 4.79 Å². The van der Waals surface area contributed by atoms with E-state index in [9.17, 15) is 9.18 Å². The fraction of sp³-hybridized carbons (Fsp3) is 0.412. The number of hydrogen-bond donors (Lipinski definition) is 0. The van der Waals surface area contributed by atoms with E-state index < -0.39 is 0 Å². The Bertz CT molecular complexity index is 669. The maximum atomic E-state index is 12.8. The van der Waals surface area contributed by atoms with Crippen molar-refractivity contribution in [2.24, 2.45) is 0 Å². The van der Waals surface area contributed by atoms with E-state index in [0.29, 0.717) is 11.4 Å². The number of ether oxygens (including phenoxy) is 1. The highest BCUT2D eigenvalue weighted by atomic mass is 19.1. The zero-order valence-corrected chi connectivity index (χ0v) is 13.1. The molecule has 1 atom stereocenters. The second kappa shape index (κ2) is 6.81. The van der Waals surface area contributed by atoms with Crippen LogP contribution in [0.25, 0.3) is 0 Å². The molecule has 1 saturated heterocycles. The SMILES string of the molecule is CC1CCCCN1C(=O)c1ccn(COc2ccc(F)cc2)n1. The predicted octanol–water partition coefficient (Wildman–Crippen LogP) is 3.07. The van der Waals surface area contributed by atoms with Crippen LogP contribution in [-0.4, -0.2) is 33.2 Å². The van der Waals surface area contributed by atoms with Crippen molar-refractivity contribution in [3.8, 4) is 5.75 Å². The summed E-state index contributed by atoms with van der Waals surface area (Å²) in [5.41, 5.74) is 0.432. The number of carbonyl (C=O) groups is 1. The molecule has 1 aliphatic rings. The maximum Gasteiger partial charge on any atom is 0.274 e. The van der Waals surface area contributed by atoms with Gasteiger partial charge in [-0.25, -0.2) is 9.07 Å². The predicted molar refractivity (Wildman–Crippen MR) is 83.6 cm³/mol. The van der Waals surface area contributed by atoms with Gasteiger partial charge in [0.05, 0.1) is 0 Å². The van der Waals surface area contributed by atoms with Crippen molar-refractivity contribution in [1.29, 1.82) is 0 Å². The molecule has 1 aromatic heterocycles. The van der Waals surface area contributed by atoms with Crippen molar-refractivity contribution >= 4 is 5.91 Å². The van der Waals surface area contributed by atoms with Crippen LogP contribution >= 0.6 is 0 Å². The summed E-state index contributed by atoms with van der Waals surface area (Å²) >= 11 is 0. The van der Waals surface area contributed by atoms with Crippen molar-refractivity contribution in [3.63, 3.8) is 0 Å². The molecule has 0 bridgehead atoms. The van der Waals surface area contributed by atoms with Crippen LogP contribution in [0.2, 0.25) is 0 Å². The zero-order valence-electron chi connectivity index (χ0n) is 13.1. The first-order valence-corrected chi connectivity index (χ1v) is 7.86. The van der Waals surface area contributed by atoms with Crippen LogP contribution in [0, 0.1) is 5.82 Å². The molecule has 1 fully saturated rings. The molecule has 0 N–H and O–H groups in total. The molecule has 1 aromatic carbocycles. The van der Waals surface area contributed by atoms with Crippen LogP contribution in [0.5, 0.6) is 5.75 Å². The topological polar surface area (TPSA) is 47.4 Å². The summed E-state index contributed by atoms with van der Waals surface area (Å²) in [6, 6.07) is 7.76. The van der Waals surface area contributed by atoms with Gasteiger partial charge in [0.2, 0.25) is 0 Å². The van der Waals surface area contributed by atoms with Crippen LogP contribution < -0.4 is 4.74 Å². The number of hydrogen-bond acceptors (Lipinski definition) is 3. The molecule has 0 saturated carbocycles.